The first-order chi connectivity index (χ1) is 10.2. The van der Waals surface area contributed by atoms with Crippen molar-refractivity contribution in [3.63, 3.8) is 0 Å². The predicted octanol–water partition coefficient (Wildman–Crippen LogP) is 0.143. The van der Waals surface area contributed by atoms with Crippen LogP contribution in [0.25, 0.3) is 0 Å². The number of aliphatic hydroxyl groups is 1. The fraction of sp³-hybridized carbons (Fsp3) is 0.933. The summed E-state index contributed by atoms with van der Waals surface area (Å²) in [5, 5.41) is 13.6. The maximum Gasteiger partial charge on any atom is 0.246 e. The Morgan fingerprint density at radius 2 is 2.05 bits per heavy atom. The maximum absolute atomic E-state index is 11.8. The summed E-state index contributed by atoms with van der Waals surface area (Å²) >= 11 is 0. The van der Waals surface area contributed by atoms with Crippen LogP contribution in [-0.2, 0) is 14.3 Å². The Kier molecular flexibility index (Phi) is 6.89. The molecule has 1 aliphatic heterocycles. The van der Waals surface area contributed by atoms with Crippen LogP contribution in [0.15, 0.2) is 0 Å². The zero-order valence-corrected chi connectivity index (χ0v) is 12.9. The van der Waals surface area contributed by atoms with E-state index in [1.54, 1.807) is 0 Å². The molecule has 0 bridgehead atoms. The van der Waals surface area contributed by atoms with Crippen molar-refractivity contribution >= 4 is 5.91 Å². The molecule has 2 aliphatic rings. The van der Waals surface area contributed by atoms with Crippen LogP contribution < -0.4 is 5.32 Å². The van der Waals surface area contributed by atoms with E-state index < -0.39 is 6.10 Å². The lowest BCUT2D eigenvalue weighted by molar-refractivity contribution is -0.127. The quantitative estimate of drug-likeness (QED) is 0.707. The van der Waals surface area contributed by atoms with Crippen LogP contribution in [0.2, 0.25) is 0 Å². The van der Waals surface area contributed by atoms with Crippen LogP contribution in [0.1, 0.15) is 32.6 Å². The Hall–Kier alpha value is -0.690. The molecule has 1 saturated carbocycles. The van der Waals surface area contributed by atoms with Gasteiger partial charge < -0.3 is 19.9 Å². The van der Waals surface area contributed by atoms with Crippen LogP contribution in [-0.4, -0.2) is 73.6 Å². The molecule has 0 unspecified atom stereocenters. The van der Waals surface area contributed by atoms with Gasteiger partial charge in [-0.2, -0.15) is 0 Å². The Morgan fingerprint density at radius 1 is 1.33 bits per heavy atom. The molecule has 21 heavy (non-hydrogen) atoms. The molecule has 1 amide bonds. The van der Waals surface area contributed by atoms with Crippen molar-refractivity contribution in [2.45, 2.75) is 50.8 Å². The second-order valence-corrected chi connectivity index (χ2v) is 5.80. The molecule has 0 aromatic heterocycles. The van der Waals surface area contributed by atoms with Crippen molar-refractivity contribution < 1.29 is 19.4 Å². The van der Waals surface area contributed by atoms with E-state index in [0.29, 0.717) is 6.61 Å². The molecule has 2 rings (SSSR count). The minimum atomic E-state index is -0.517. The number of nitrogens with zero attached hydrogens (tertiary/aromatic N) is 1. The first-order valence-corrected chi connectivity index (χ1v) is 8.09. The SMILES string of the molecule is CCOCC(=O)N[C@@H]1CCCC[C@@H](N2CCOCC2)[C@@H]1O. The zero-order chi connectivity index (χ0) is 15.1. The van der Waals surface area contributed by atoms with Crippen molar-refractivity contribution in [2.75, 3.05) is 39.5 Å². The Labute approximate surface area is 126 Å². The summed E-state index contributed by atoms with van der Waals surface area (Å²) in [4.78, 5) is 14.1. The first-order valence-electron chi connectivity index (χ1n) is 8.09. The highest BCUT2D eigenvalue weighted by Gasteiger charge is 2.35. The maximum atomic E-state index is 11.8. The van der Waals surface area contributed by atoms with Gasteiger partial charge in [0, 0.05) is 25.7 Å². The van der Waals surface area contributed by atoms with Crippen molar-refractivity contribution in [1.82, 2.24) is 10.2 Å². The van der Waals surface area contributed by atoms with Gasteiger partial charge in [-0.1, -0.05) is 12.8 Å². The lowest BCUT2D eigenvalue weighted by Gasteiger charge is -2.38. The average molecular weight is 300 g/mol. The van der Waals surface area contributed by atoms with Gasteiger partial charge in [0.2, 0.25) is 5.91 Å². The smallest absolute Gasteiger partial charge is 0.246 e. The fourth-order valence-corrected chi connectivity index (χ4v) is 3.24. The number of ether oxygens (including phenoxy) is 2. The summed E-state index contributed by atoms with van der Waals surface area (Å²) in [6.45, 7) is 5.64. The molecule has 0 spiro atoms. The molecule has 1 saturated heterocycles. The second-order valence-electron chi connectivity index (χ2n) is 5.80. The van der Waals surface area contributed by atoms with Gasteiger partial charge in [0.25, 0.3) is 0 Å². The Morgan fingerprint density at radius 3 is 2.76 bits per heavy atom. The van der Waals surface area contributed by atoms with Gasteiger partial charge in [-0.05, 0) is 19.8 Å². The standard InChI is InChI=1S/C15H28N2O4/c1-2-20-11-14(18)16-12-5-3-4-6-13(15(12)19)17-7-9-21-10-8-17/h12-13,15,19H,2-11H2,1H3,(H,16,18)/t12-,13-,15-/m1/s1. The van der Waals surface area contributed by atoms with Gasteiger partial charge >= 0.3 is 0 Å². The number of aliphatic hydroxyl groups excluding tert-OH is 1. The number of nitrogens with one attached hydrogen (secondary N) is 1. The second kappa shape index (κ2) is 8.68. The number of rotatable bonds is 5. The largest absolute Gasteiger partial charge is 0.389 e. The molecule has 2 fully saturated rings. The van der Waals surface area contributed by atoms with E-state index in [2.05, 4.69) is 10.2 Å². The van der Waals surface area contributed by atoms with E-state index in [1.807, 2.05) is 6.92 Å². The summed E-state index contributed by atoms with van der Waals surface area (Å²) in [7, 11) is 0. The van der Waals surface area contributed by atoms with Gasteiger partial charge in [-0.3, -0.25) is 9.69 Å². The summed E-state index contributed by atoms with van der Waals surface area (Å²) < 4.78 is 10.5. The third kappa shape index (κ3) is 4.92. The van der Waals surface area contributed by atoms with E-state index in [4.69, 9.17) is 9.47 Å². The highest BCUT2D eigenvalue weighted by Crippen LogP contribution is 2.23. The third-order valence-corrected chi connectivity index (χ3v) is 4.37. The van der Waals surface area contributed by atoms with Crippen molar-refractivity contribution in [3.8, 4) is 0 Å². The number of hydrogen-bond donors (Lipinski definition) is 2. The monoisotopic (exact) mass is 300 g/mol. The molecular weight excluding hydrogens is 272 g/mol. The van der Waals surface area contributed by atoms with E-state index >= 15 is 0 Å². The minimum Gasteiger partial charge on any atom is -0.389 e. The number of morpholine rings is 1. The summed E-state index contributed by atoms with van der Waals surface area (Å²) in [6, 6.07) is -0.0536. The summed E-state index contributed by atoms with van der Waals surface area (Å²) in [5.41, 5.74) is 0. The fourth-order valence-electron chi connectivity index (χ4n) is 3.24. The Balaban J connectivity index is 1.92. The third-order valence-electron chi connectivity index (χ3n) is 4.37. The van der Waals surface area contributed by atoms with Gasteiger partial charge in [-0.15, -0.1) is 0 Å². The number of carbonyl (C=O) groups is 1. The molecular formula is C15H28N2O4. The van der Waals surface area contributed by atoms with Crippen LogP contribution in [0.5, 0.6) is 0 Å². The molecule has 122 valence electrons. The molecule has 2 N–H and O–H groups in total. The van der Waals surface area contributed by atoms with Crippen molar-refractivity contribution in [2.24, 2.45) is 0 Å². The predicted molar refractivity (Wildman–Crippen MR) is 79.1 cm³/mol. The molecule has 3 atom stereocenters. The van der Waals surface area contributed by atoms with Crippen LogP contribution >= 0.6 is 0 Å². The van der Waals surface area contributed by atoms with Gasteiger partial charge in [0.15, 0.2) is 0 Å². The van der Waals surface area contributed by atoms with Crippen molar-refractivity contribution in [1.29, 1.82) is 0 Å². The lowest BCUT2D eigenvalue weighted by atomic mass is 9.99. The summed E-state index contributed by atoms with van der Waals surface area (Å²) in [6.07, 6.45) is 3.43. The van der Waals surface area contributed by atoms with E-state index in [9.17, 15) is 9.90 Å². The summed E-state index contributed by atoms with van der Waals surface area (Å²) in [5.74, 6) is -0.136. The Bertz CT molecular complexity index is 321. The normalized spacial score (nSPS) is 31.6. The van der Waals surface area contributed by atoms with Crippen molar-refractivity contribution in [3.05, 3.63) is 0 Å². The van der Waals surface area contributed by atoms with E-state index in [0.717, 1.165) is 52.0 Å². The highest BCUT2D eigenvalue weighted by atomic mass is 16.5. The van der Waals surface area contributed by atoms with Gasteiger partial charge in [0.1, 0.15) is 6.61 Å². The molecule has 6 heteroatoms. The molecule has 0 aromatic carbocycles. The van der Waals surface area contributed by atoms with E-state index in [1.165, 1.54) is 0 Å². The molecule has 1 aliphatic carbocycles. The molecule has 1 heterocycles. The molecule has 0 aromatic rings. The minimum absolute atomic E-state index is 0.0714. The van der Waals surface area contributed by atoms with Gasteiger partial charge in [-0.25, -0.2) is 0 Å². The van der Waals surface area contributed by atoms with Crippen LogP contribution in [0.3, 0.4) is 0 Å². The van der Waals surface area contributed by atoms with Crippen LogP contribution in [0, 0.1) is 0 Å². The average Bonchev–Trinajstić information content (AvgIpc) is 2.69. The number of carbonyl (C=O) groups excluding carboxylic acids is 1. The van der Waals surface area contributed by atoms with E-state index in [-0.39, 0.29) is 24.6 Å². The lowest BCUT2D eigenvalue weighted by Crippen LogP contribution is -2.55. The first kappa shape index (κ1) is 16.7. The zero-order valence-electron chi connectivity index (χ0n) is 12.9. The highest BCUT2D eigenvalue weighted by molar-refractivity contribution is 5.77. The number of hydrogen-bond acceptors (Lipinski definition) is 5. The van der Waals surface area contributed by atoms with Gasteiger partial charge in [0.05, 0.1) is 25.4 Å². The number of amides is 1. The molecule has 6 nitrogen and oxygen atoms in total. The van der Waals surface area contributed by atoms with Crippen LogP contribution in [0.4, 0.5) is 0 Å². The molecule has 0 radical (unpaired) electrons. The topological polar surface area (TPSA) is 71.0 Å².